The number of hydrogen-bond donors (Lipinski definition) is 1. The number of carbonyl (C=O) groups is 1. The Morgan fingerprint density at radius 2 is 1.84 bits per heavy atom. The van der Waals surface area contributed by atoms with Crippen molar-refractivity contribution in [3.05, 3.63) is 70.7 Å². The third kappa shape index (κ3) is 3.67. The first-order chi connectivity index (χ1) is 12.1. The topological polar surface area (TPSA) is 64.4 Å². The number of aromatic nitrogens is 1. The number of benzene rings is 2. The SMILES string of the molecule is COC(=O)c1c(-c2ccc(Cl)cc2)noc1NC(C)c1ccccc1. The van der Waals surface area contributed by atoms with Crippen LogP contribution in [0, 0.1) is 0 Å². The van der Waals surface area contributed by atoms with Crippen molar-refractivity contribution in [3.8, 4) is 11.3 Å². The Bertz CT molecular complexity index is 860. The lowest BCUT2D eigenvalue weighted by atomic mass is 10.1. The average molecular weight is 357 g/mol. The molecule has 2 aromatic carbocycles. The second kappa shape index (κ2) is 7.40. The van der Waals surface area contributed by atoms with Gasteiger partial charge in [-0.2, -0.15) is 0 Å². The molecule has 0 fully saturated rings. The van der Waals surface area contributed by atoms with Crippen LogP contribution in [0.25, 0.3) is 11.3 Å². The predicted octanol–water partition coefficient (Wildman–Crippen LogP) is 4.95. The molecular weight excluding hydrogens is 340 g/mol. The average Bonchev–Trinajstić information content (AvgIpc) is 3.06. The minimum Gasteiger partial charge on any atom is -0.465 e. The van der Waals surface area contributed by atoms with Gasteiger partial charge >= 0.3 is 5.97 Å². The number of rotatable bonds is 5. The van der Waals surface area contributed by atoms with E-state index in [2.05, 4.69) is 10.5 Å². The summed E-state index contributed by atoms with van der Waals surface area (Å²) in [7, 11) is 1.32. The summed E-state index contributed by atoms with van der Waals surface area (Å²) in [6.07, 6.45) is 0. The number of esters is 1. The number of ether oxygens (including phenoxy) is 1. The fourth-order valence-corrected chi connectivity index (χ4v) is 2.63. The van der Waals surface area contributed by atoms with Crippen molar-refractivity contribution in [1.82, 2.24) is 5.16 Å². The summed E-state index contributed by atoms with van der Waals surface area (Å²) in [5.74, 6) is -0.248. The van der Waals surface area contributed by atoms with Crippen molar-refractivity contribution in [2.75, 3.05) is 12.4 Å². The molecule has 128 valence electrons. The highest BCUT2D eigenvalue weighted by atomic mass is 35.5. The Morgan fingerprint density at radius 1 is 1.16 bits per heavy atom. The molecule has 3 aromatic rings. The molecule has 0 spiro atoms. The van der Waals surface area contributed by atoms with Crippen molar-refractivity contribution >= 4 is 23.5 Å². The standard InChI is InChI=1S/C19H17ClN2O3/c1-12(13-6-4-3-5-7-13)21-18-16(19(23)24-2)17(22-25-18)14-8-10-15(20)11-9-14/h3-12,21H,1-2H3. The largest absolute Gasteiger partial charge is 0.465 e. The van der Waals surface area contributed by atoms with E-state index in [0.717, 1.165) is 5.56 Å². The zero-order valence-electron chi connectivity index (χ0n) is 13.8. The Labute approximate surface area is 150 Å². The van der Waals surface area contributed by atoms with E-state index in [1.165, 1.54) is 7.11 Å². The third-order valence-corrected chi connectivity index (χ3v) is 4.10. The van der Waals surface area contributed by atoms with E-state index in [1.54, 1.807) is 24.3 Å². The van der Waals surface area contributed by atoms with Gasteiger partial charge in [0.05, 0.1) is 13.2 Å². The Balaban J connectivity index is 1.97. The zero-order chi connectivity index (χ0) is 17.8. The van der Waals surface area contributed by atoms with Crippen LogP contribution in [0.4, 0.5) is 5.88 Å². The van der Waals surface area contributed by atoms with Gasteiger partial charge in [0, 0.05) is 10.6 Å². The van der Waals surface area contributed by atoms with Gasteiger partial charge in [0.25, 0.3) is 0 Å². The smallest absolute Gasteiger partial charge is 0.345 e. The number of nitrogens with zero attached hydrogens (tertiary/aromatic N) is 1. The Kier molecular flexibility index (Phi) is 5.05. The van der Waals surface area contributed by atoms with Crippen LogP contribution < -0.4 is 5.32 Å². The highest BCUT2D eigenvalue weighted by Gasteiger charge is 2.26. The van der Waals surface area contributed by atoms with Crippen molar-refractivity contribution in [1.29, 1.82) is 0 Å². The molecule has 1 atom stereocenters. The number of nitrogens with one attached hydrogen (secondary N) is 1. The summed E-state index contributed by atoms with van der Waals surface area (Å²) in [5, 5.41) is 7.84. The molecule has 6 heteroatoms. The molecule has 25 heavy (non-hydrogen) atoms. The number of hydrogen-bond acceptors (Lipinski definition) is 5. The maximum Gasteiger partial charge on any atom is 0.345 e. The monoisotopic (exact) mass is 356 g/mol. The molecule has 0 aliphatic heterocycles. The summed E-state index contributed by atoms with van der Waals surface area (Å²) in [6, 6.07) is 16.8. The first kappa shape index (κ1) is 17.0. The molecule has 0 saturated heterocycles. The van der Waals surface area contributed by atoms with Gasteiger partial charge in [-0.25, -0.2) is 4.79 Å². The second-order valence-electron chi connectivity index (χ2n) is 5.51. The van der Waals surface area contributed by atoms with E-state index >= 15 is 0 Å². The van der Waals surface area contributed by atoms with Crippen molar-refractivity contribution in [3.63, 3.8) is 0 Å². The molecule has 1 unspecified atom stereocenters. The molecule has 1 heterocycles. The lowest BCUT2D eigenvalue weighted by Crippen LogP contribution is -2.10. The van der Waals surface area contributed by atoms with Crippen LogP contribution in [0.15, 0.2) is 59.1 Å². The van der Waals surface area contributed by atoms with Crippen LogP contribution in [0.2, 0.25) is 5.02 Å². The summed E-state index contributed by atoms with van der Waals surface area (Å²) in [6.45, 7) is 1.97. The molecule has 1 N–H and O–H groups in total. The summed E-state index contributed by atoms with van der Waals surface area (Å²) >= 11 is 5.92. The van der Waals surface area contributed by atoms with E-state index in [-0.39, 0.29) is 17.5 Å². The van der Waals surface area contributed by atoms with Crippen molar-refractivity contribution in [2.45, 2.75) is 13.0 Å². The summed E-state index contributed by atoms with van der Waals surface area (Å²) in [4.78, 5) is 12.3. The zero-order valence-corrected chi connectivity index (χ0v) is 14.6. The molecule has 0 bridgehead atoms. The van der Waals surface area contributed by atoms with Gasteiger partial charge in [-0.3, -0.25) is 0 Å². The number of carbonyl (C=O) groups excluding carboxylic acids is 1. The van der Waals surface area contributed by atoms with Crippen LogP contribution in [0.3, 0.4) is 0 Å². The molecule has 0 saturated carbocycles. The van der Waals surface area contributed by atoms with Crippen molar-refractivity contribution in [2.24, 2.45) is 0 Å². The van der Waals surface area contributed by atoms with Gasteiger partial charge in [0.15, 0.2) is 5.56 Å². The lowest BCUT2D eigenvalue weighted by Gasteiger charge is -2.13. The van der Waals surface area contributed by atoms with Crippen LogP contribution in [0.1, 0.15) is 28.9 Å². The molecule has 0 aliphatic rings. The fourth-order valence-electron chi connectivity index (χ4n) is 2.51. The molecular formula is C19H17ClN2O3. The molecule has 1 aromatic heterocycles. The predicted molar refractivity (Wildman–Crippen MR) is 96.8 cm³/mol. The summed E-state index contributed by atoms with van der Waals surface area (Å²) < 4.78 is 10.3. The Hall–Kier alpha value is -2.79. The maximum atomic E-state index is 12.3. The highest BCUT2D eigenvalue weighted by molar-refractivity contribution is 6.30. The van der Waals surface area contributed by atoms with Gasteiger partial charge in [-0.1, -0.05) is 59.2 Å². The molecule has 0 aliphatic carbocycles. The lowest BCUT2D eigenvalue weighted by molar-refractivity contribution is 0.0602. The van der Waals surface area contributed by atoms with E-state index < -0.39 is 5.97 Å². The highest BCUT2D eigenvalue weighted by Crippen LogP contribution is 2.32. The summed E-state index contributed by atoms with van der Waals surface area (Å²) in [5.41, 5.74) is 2.44. The molecule has 0 radical (unpaired) electrons. The molecule has 5 nitrogen and oxygen atoms in total. The normalized spacial score (nSPS) is 11.8. The van der Waals surface area contributed by atoms with Crippen LogP contribution in [-0.4, -0.2) is 18.2 Å². The van der Waals surface area contributed by atoms with Gasteiger partial charge in [-0.15, -0.1) is 0 Å². The van der Waals surface area contributed by atoms with Crippen LogP contribution in [-0.2, 0) is 4.74 Å². The second-order valence-corrected chi connectivity index (χ2v) is 5.95. The first-order valence-electron chi connectivity index (χ1n) is 7.75. The minimum atomic E-state index is -0.519. The van der Waals surface area contributed by atoms with E-state index in [4.69, 9.17) is 20.9 Å². The number of anilines is 1. The number of methoxy groups -OCH3 is 1. The van der Waals surface area contributed by atoms with E-state index in [9.17, 15) is 4.79 Å². The van der Waals surface area contributed by atoms with Gasteiger partial charge < -0.3 is 14.6 Å². The maximum absolute atomic E-state index is 12.3. The third-order valence-electron chi connectivity index (χ3n) is 3.85. The molecule has 0 amide bonds. The van der Waals surface area contributed by atoms with Gasteiger partial charge in [-0.05, 0) is 24.6 Å². The van der Waals surface area contributed by atoms with Gasteiger partial charge in [0.1, 0.15) is 5.69 Å². The Morgan fingerprint density at radius 3 is 2.48 bits per heavy atom. The van der Waals surface area contributed by atoms with E-state index in [0.29, 0.717) is 16.3 Å². The molecule has 3 rings (SSSR count). The van der Waals surface area contributed by atoms with Crippen molar-refractivity contribution < 1.29 is 14.1 Å². The van der Waals surface area contributed by atoms with Gasteiger partial charge in [0.2, 0.25) is 5.88 Å². The minimum absolute atomic E-state index is 0.0735. The van der Waals surface area contributed by atoms with E-state index in [1.807, 2.05) is 37.3 Å². The first-order valence-corrected chi connectivity index (χ1v) is 8.13. The van der Waals surface area contributed by atoms with Crippen LogP contribution >= 0.6 is 11.6 Å². The number of halogens is 1. The quantitative estimate of drug-likeness (QED) is 0.655. The van der Waals surface area contributed by atoms with Crippen LogP contribution in [0.5, 0.6) is 0 Å². The fraction of sp³-hybridized carbons (Fsp3) is 0.158.